The second kappa shape index (κ2) is 10.5. The Hall–Kier alpha value is -3.00. The van der Waals surface area contributed by atoms with Crippen molar-refractivity contribution >= 4 is 52.4 Å². The summed E-state index contributed by atoms with van der Waals surface area (Å²) in [5, 5.41) is 17.4. The van der Waals surface area contributed by atoms with Gasteiger partial charge in [0.1, 0.15) is 22.7 Å². The largest absolute Gasteiger partial charge is 0.480 e. The number of nitrogens with one attached hydrogen (secondary N) is 2. The quantitative estimate of drug-likeness (QED) is 0.256. The first-order valence-corrected chi connectivity index (χ1v) is 12.4. The van der Waals surface area contributed by atoms with Crippen molar-refractivity contribution in [3.05, 3.63) is 48.0 Å². The van der Waals surface area contributed by atoms with Crippen LogP contribution in [0.25, 0.3) is 21.9 Å². The highest BCUT2D eigenvalue weighted by atomic mass is 32.1. The number of carbonyl (C=O) groups excluding carboxylic acids is 2. The van der Waals surface area contributed by atoms with E-state index in [1.807, 2.05) is 42.5 Å². The summed E-state index contributed by atoms with van der Waals surface area (Å²) in [6.07, 6.45) is 4.61. The molecule has 4 rings (SSSR count). The lowest BCUT2D eigenvalue weighted by molar-refractivity contribution is -0.143. The number of para-hydroxylation sites is 1. The normalized spacial score (nSPS) is 15.9. The predicted octanol–water partition coefficient (Wildman–Crippen LogP) is 4.23. The maximum Gasteiger partial charge on any atom is 0.326 e. The highest BCUT2D eigenvalue weighted by molar-refractivity contribution is 7.80. The molecule has 3 N–H and O–H groups in total. The van der Waals surface area contributed by atoms with Crippen molar-refractivity contribution in [2.24, 2.45) is 0 Å². The molecule has 0 unspecified atom stereocenters. The Labute approximate surface area is 203 Å². The average molecular weight is 483 g/mol. The number of fused-ring (bicyclic) bond motifs is 3. The molecule has 1 saturated carbocycles. The fraction of sp³-hybridized carbons (Fsp3) is 0.423. The third-order valence-corrected chi connectivity index (χ3v) is 6.89. The Morgan fingerprint density at radius 3 is 2.50 bits per heavy atom. The highest BCUT2D eigenvalue weighted by Gasteiger charge is 2.43. The first-order valence-electron chi connectivity index (χ1n) is 11.8. The van der Waals surface area contributed by atoms with Gasteiger partial charge in [0.2, 0.25) is 11.8 Å². The number of carbonyl (C=O) groups is 3. The number of hydrogen-bond acceptors (Lipinski definition) is 5. The number of rotatable bonds is 10. The second-order valence-electron chi connectivity index (χ2n) is 9.02. The summed E-state index contributed by atoms with van der Waals surface area (Å²) < 4.78 is 5.91. The molecule has 1 fully saturated rings. The molecule has 0 saturated heterocycles. The third kappa shape index (κ3) is 5.22. The van der Waals surface area contributed by atoms with Crippen molar-refractivity contribution in [1.82, 2.24) is 10.6 Å². The van der Waals surface area contributed by atoms with Gasteiger partial charge in [-0.25, -0.2) is 4.79 Å². The summed E-state index contributed by atoms with van der Waals surface area (Å²) in [6, 6.07) is 12.2. The molecule has 180 valence electrons. The zero-order chi connectivity index (χ0) is 24.1. The van der Waals surface area contributed by atoms with E-state index in [4.69, 9.17) is 4.42 Å². The van der Waals surface area contributed by atoms with Gasteiger partial charge in [0, 0.05) is 23.6 Å². The monoisotopic (exact) mass is 482 g/mol. The van der Waals surface area contributed by atoms with Gasteiger partial charge in [0.25, 0.3) is 0 Å². The molecule has 0 aliphatic heterocycles. The molecule has 8 heteroatoms. The third-order valence-electron chi connectivity index (χ3n) is 6.57. The van der Waals surface area contributed by atoms with E-state index >= 15 is 0 Å². The molecule has 2 aromatic carbocycles. The number of amides is 2. The van der Waals surface area contributed by atoms with Crippen LogP contribution >= 0.6 is 12.6 Å². The van der Waals surface area contributed by atoms with Gasteiger partial charge in [-0.15, -0.1) is 0 Å². The Morgan fingerprint density at radius 2 is 1.76 bits per heavy atom. The first kappa shape index (κ1) is 24.1. The molecule has 7 nitrogen and oxygen atoms in total. The van der Waals surface area contributed by atoms with Crippen LogP contribution in [0, 0.1) is 0 Å². The topological polar surface area (TPSA) is 109 Å². The molecule has 2 amide bonds. The van der Waals surface area contributed by atoms with E-state index in [2.05, 4.69) is 23.3 Å². The van der Waals surface area contributed by atoms with Gasteiger partial charge < -0.3 is 20.2 Å². The van der Waals surface area contributed by atoms with Crippen molar-refractivity contribution in [3.8, 4) is 0 Å². The molecule has 0 radical (unpaired) electrons. The van der Waals surface area contributed by atoms with Crippen molar-refractivity contribution in [1.29, 1.82) is 0 Å². The number of thiol groups is 1. The van der Waals surface area contributed by atoms with Gasteiger partial charge in [0.05, 0.1) is 0 Å². The molecule has 1 aliphatic rings. The van der Waals surface area contributed by atoms with E-state index in [1.165, 1.54) is 0 Å². The maximum atomic E-state index is 13.2. The molecule has 34 heavy (non-hydrogen) atoms. The van der Waals surface area contributed by atoms with Gasteiger partial charge >= 0.3 is 5.97 Å². The van der Waals surface area contributed by atoms with Crippen LogP contribution in [-0.2, 0) is 20.8 Å². The van der Waals surface area contributed by atoms with Crippen LogP contribution in [0.3, 0.4) is 0 Å². The van der Waals surface area contributed by atoms with Crippen molar-refractivity contribution in [2.45, 2.75) is 62.9 Å². The lowest BCUT2D eigenvalue weighted by atomic mass is 9.94. The minimum atomic E-state index is -1.12. The molecular formula is C26H30N2O5S. The number of hydrogen-bond donors (Lipinski definition) is 4. The number of aliphatic carboxylic acids is 1. The lowest BCUT2D eigenvalue weighted by Gasteiger charge is -2.30. The molecule has 1 atom stereocenters. The van der Waals surface area contributed by atoms with Crippen molar-refractivity contribution in [3.63, 3.8) is 0 Å². The number of furan rings is 1. The van der Waals surface area contributed by atoms with Crippen LogP contribution in [-0.4, -0.2) is 40.2 Å². The van der Waals surface area contributed by atoms with Gasteiger partial charge in [0.15, 0.2) is 0 Å². The molecule has 1 aliphatic carbocycles. The lowest BCUT2D eigenvalue weighted by Crippen LogP contribution is -2.60. The number of benzene rings is 2. The minimum Gasteiger partial charge on any atom is -0.480 e. The second-order valence-corrected chi connectivity index (χ2v) is 9.46. The average Bonchev–Trinajstić information content (AvgIpc) is 3.43. The Balaban J connectivity index is 1.48. The van der Waals surface area contributed by atoms with E-state index in [-0.39, 0.29) is 12.3 Å². The summed E-state index contributed by atoms with van der Waals surface area (Å²) >= 11 is 4.16. The van der Waals surface area contributed by atoms with Crippen LogP contribution in [0.1, 0.15) is 50.5 Å². The van der Waals surface area contributed by atoms with E-state index in [0.717, 1.165) is 41.2 Å². The van der Waals surface area contributed by atoms with E-state index < -0.39 is 23.5 Å². The molecule has 3 aromatic rings. The molecule has 1 heterocycles. The number of carboxylic acid groups (broad SMARTS) is 1. The zero-order valence-corrected chi connectivity index (χ0v) is 19.9. The van der Waals surface area contributed by atoms with E-state index in [9.17, 15) is 19.5 Å². The number of unbranched alkanes of at least 4 members (excludes halogenated alkanes) is 1. The summed E-state index contributed by atoms with van der Waals surface area (Å²) in [6.45, 7) is 0. The smallest absolute Gasteiger partial charge is 0.326 e. The summed E-state index contributed by atoms with van der Waals surface area (Å²) in [5.41, 5.74) is 1.14. The molecule has 0 spiro atoms. The fourth-order valence-corrected chi connectivity index (χ4v) is 4.97. The minimum absolute atomic E-state index is 0.111. The Kier molecular flexibility index (Phi) is 7.46. The number of carboxylic acids is 1. The molecule has 1 aromatic heterocycles. The maximum absolute atomic E-state index is 13.2. The summed E-state index contributed by atoms with van der Waals surface area (Å²) in [4.78, 5) is 37.7. The van der Waals surface area contributed by atoms with Crippen LogP contribution in [0.4, 0.5) is 0 Å². The van der Waals surface area contributed by atoms with Gasteiger partial charge in [-0.3, -0.25) is 9.59 Å². The Bertz CT molecular complexity index is 1200. The summed E-state index contributed by atoms with van der Waals surface area (Å²) in [5.74, 6) is -1.02. The standard InChI is InChI=1S/C26H30N2O5S/c29-23(9-3-6-14-34)28-26(12-4-5-13-26)25(32)27-20(24(30)31)15-17-10-11-19-18-7-1-2-8-21(18)33-22(19)16-17/h1-2,7-8,10-11,16,20,34H,3-6,9,12-15H2,(H,27,32)(H,28,29)(H,30,31)/t20-/m0/s1. The molecule has 0 bridgehead atoms. The van der Waals surface area contributed by atoms with Crippen LogP contribution in [0.5, 0.6) is 0 Å². The fourth-order valence-electron chi connectivity index (χ4n) is 4.74. The van der Waals surface area contributed by atoms with Crippen LogP contribution in [0.15, 0.2) is 46.9 Å². The summed E-state index contributed by atoms with van der Waals surface area (Å²) in [7, 11) is 0. The van der Waals surface area contributed by atoms with Gasteiger partial charge in [-0.2, -0.15) is 12.6 Å². The van der Waals surface area contributed by atoms with Gasteiger partial charge in [-0.1, -0.05) is 43.2 Å². The van der Waals surface area contributed by atoms with Crippen LogP contribution < -0.4 is 10.6 Å². The van der Waals surface area contributed by atoms with E-state index in [0.29, 0.717) is 37.0 Å². The Morgan fingerprint density at radius 1 is 1.03 bits per heavy atom. The van der Waals surface area contributed by atoms with E-state index in [1.54, 1.807) is 0 Å². The SMILES string of the molecule is O=C(CCCCS)NC1(C(=O)N[C@@H](Cc2ccc3c(c2)oc2ccccc23)C(=O)O)CCCC1. The van der Waals surface area contributed by atoms with Crippen molar-refractivity contribution < 1.29 is 23.9 Å². The van der Waals surface area contributed by atoms with Crippen LogP contribution in [0.2, 0.25) is 0 Å². The molecular weight excluding hydrogens is 452 g/mol. The highest BCUT2D eigenvalue weighted by Crippen LogP contribution is 2.31. The van der Waals surface area contributed by atoms with Gasteiger partial charge in [-0.05, 0) is 49.1 Å². The van der Waals surface area contributed by atoms with Crippen molar-refractivity contribution in [2.75, 3.05) is 5.75 Å². The zero-order valence-electron chi connectivity index (χ0n) is 19.0. The first-order chi connectivity index (χ1) is 16.4. The predicted molar refractivity (Wildman–Crippen MR) is 134 cm³/mol.